The zero-order chi connectivity index (χ0) is 23.5. The van der Waals surface area contributed by atoms with Gasteiger partial charge in [-0.2, -0.15) is 5.10 Å². The predicted octanol–water partition coefficient (Wildman–Crippen LogP) is 5.23. The van der Waals surface area contributed by atoms with Crippen molar-refractivity contribution in [1.82, 2.24) is 25.0 Å². The van der Waals surface area contributed by atoms with Crippen LogP contribution in [0.1, 0.15) is 43.4 Å². The molecule has 2 aliphatic heterocycles. The fraction of sp³-hybridized carbons (Fsp3) is 0.345. The van der Waals surface area contributed by atoms with Gasteiger partial charge in [0.15, 0.2) is 0 Å². The fourth-order valence-electron chi connectivity index (χ4n) is 6.33. The van der Waals surface area contributed by atoms with E-state index in [1.807, 2.05) is 35.4 Å². The molecule has 0 bridgehead atoms. The van der Waals surface area contributed by atoms with Crippen LogP contribution in [0.15, 0.2) is 72.9 Å². The molecule has 4 aromatic rings. The monoisotopic (exact) mass is 463 g/mol. The minimum absolute atomic E-state index is 0.00755. The number of rotatable bonds is 3. The third-order valence-electron chi connectivity index (χ3n) is 8.53. The number of aromatic nitrogens is 3. The number of urea groups is 1. The Kier molecular flexibility index (Phi) is 4.53. The van der Waals surface area contributed by atoms with Crippen molar-refractivity contribution in [2.45, 2.75) is 49.6 Å². The number of carbonyl (C=O) groups is 1. The first kappa shape index (κ1) is 20.7. The number of carbonyl (C=O) groups excluding carboxylic acids is 1. The van der Waals surface area contributed by atoms with Crippen LogP contribution < -0.4 is 5.32 Å². The number of fused-ring (bicyclic) bond motifs is 3. The summed E-state index contributed by atoms with van der Waals surface area (Å²) in [5, 5.41) is 9.48. The van der Waals surface area contributed by atoms with Crippen LogP contribution in [-0.2, 0) is 17.5 Å². The molecule has 1 unspecified atom stereocenters. The van der Waals surface area contributed by atoms with E-state index in [1.165, 1.54) is 11.3 Å². The van der Waals surface area contributed by atoms with Crippen molar-refractivity contribution in [3.05, 3.63) is 84.2 Å². The highest BCUT2D eigenvalue weighted by molar-refractivity contribution is 5.83. The van der Waals surface area contributed by atoms with Crippen molar-refractivity contribution in [1.29, 1.82) is 0 Å². The van der Waals surface area contributed by atoms with Crippen LogP contribution >= 0.6 is 0 Å². The van der Waals surface area contributed by atoms with Gasteiger partial charge in [0.25, 0.3) is 0 Å². The van der Waals surface area contributed by atoms with Crippen LogP contribution in [0.4, 0.5) is 4.79 Å². The molecule has 1 saturated carbocycles. The van der Waals surface area contributed by atoms with E-state index in [0.29, 0.717) is 0 Å². The highest BCUT2D eigenvalue weighted by Crippen LogP contribution is 2.45. The first-order valence-electron chi connectivity index (χ1n) is 12.7. The van der Waals surface area contributed by atoms with Gasteiger partial charge >= 0.3 is 6.03 Å². The summed E-state index contributed by atoms with van der Waals surface area (Å²) in [7, 11) is 0. The number of nitrogens with zero attached hydrogens (tertiary/aromatic N) is 4. The predicted molar refractivity (Wildman–Crippen MR) is 136 cm³/mol. The molecule has 1 aliphatic carbocycles. The first-order chi connectivity index (χ1) is 17.1. The van der Waals surface area contributed by atoms with E-state index in [9.17, 15) is 4.79 Å². The van der Waals surface area contributed by atoms with Crippen LogP contribution in [0.3, 0.4) is 0 Å². The maximum Gasteiger partial charge on any atom is 0.318 e. The average Bonchev–Trinajstić information content (AvgIpc) is 3.58. The number of likely N-dealkylation sites (tertiary alicyclic amines) is 1. The summed E-state index contributed by atoms with van der Waals surface area (Å²) >= 11 is 0. The van der Waals surface area contributed by atoms with E-state index >= 15 is 0 Å². The summed E-state index contributed by atoms with van der Waals surface area (Å²) in [4.78, 5) is 20.1. The first-order valence-corrected chi connectivity index (χ1v) is 12.7. The molecule has 2 amide bonds. The molecular formula is C29H29N5O. The highest BCUT2D eigenvalue weighted by Gasteiger charge is 2.48. The Hall–Kier alpha value is -3.67. The summed E-state index contributed by atoms with van der Waals surface area (Å²) in [6.07, 6.45) is 7.13. The maximum atomic E-state index is 13.4. The van der Waals surface area contributed by atoms with Gasteiger partial charge in [0.2, 0.25) is 0 Å². The molecule has 1 N–H and O–H groups in total. The minimum Gasteiger partial charge on any atom is -0.328 e. The topological polar surface area (TPSA) is 63.1 Å². The van der Waals surface area contributed by atoms with Gasteiger partial charge in [-0.15, -0.1) is 0 Å². The second kappa shape index (κ2) is 7.67. The van der Waals surface area contributed by atoms with Crippen LogP contribution in [0.2, 0.25) is 0 Å². The zero-order valence-corrected chi connectivity index (χ0v) is 19.8. The molecular weight excluding hydrogens is 434 g/mol. The highest BCUT2D eigenvalue weighted by atomic mass is 16.2. The molecule has 6 heteroatoms. The second-order valence-corrected chi connectivity index (χ2v) is 10.5. The van der Waals surface area contributed by atoms with Crippen molar-refractivity contribution in [2.24, 2.45) is 0 Å². The largest absolute Gasteiger partial charge is 0.328 e. The van der Waals surface area contributed by atoms with Crippen molar-refractivity contribution in [3.63, 3.8) is 0 Å². The van der Waals surface area contributed by atoms with E-state index in [0.717, 1.165) is 73.9 Å². The fourth-order valence-corrected chi connectivity index (χ4v) is 6.33. The molecule has 6 nitrogen and oxygen atoms in total. The average molecular weight is 464 g/mol. The number of hydrogen-bond donors (Lipinski definition) is 1. The molecule has 7 rings (SSSR count). The van der Waals surface area contributed by atoms with E-state index in [2.05, 4.69) is 57.4 Å². The summed E-state index contributed by atoms with van der Waals surface area (Å²) in [6, 6.07) is 23.1. The van der Waals surface area contributed by atoms with Crippen molar-refractivity contribution in [3.8, 4) is 11.3 Å². The number of pyridine rings is 1. The molecule has 2 aromatic heterocycles. The SMILES string of the molecule is O=C(NC1(c2ccccc2)CCC1)N1CCC2(CCn3nc(-c4cnc5ccccc5c4)cc32)C1. The van der Waals surface area contributed by atoms with Gasteiger partial charge in [-0.05, 0) is 55.9 Å². The van der Waals surface area contributed by atoms with Gasteiger partial charge in [-0.3, -0.25) is 9.67 Å². The molecule has 4 heterocycles. The Bertz CT molecular complexity index is 1420. The van der Waals surface area contributed by atoms with E-state index < -0.39 is 0 Å². The van der Waals surface area contributed by atoms with Crippen molar-refractivity contribution in [2.75, 3.05) is 13.1 Å². The molecule has 3 aliphatic rings. The zero-order valence-electron chi connectivity index (χ0n) is 19.8. The summed E-state index contributed by atoms with van der Waals surface area (Å²) in [6.45, 7) is 2.44. The van der Waals surface area contributed by atoms with Gasteiger partial charge in [0.1, 0.15) is 0 Å². The normalized spacial score (nSPS) is 22.3. The lowest BCUT2D eigenvalue weighted by atomic mass is 9.72. The standard InChI is InChI=1S/C29H29N5O/c35-27(31-29(11-6-12-29)23-8-2-1-3-9-23)33-15-13-28(20-33)14-16-34-26(28)18-25(32-34)22-17-21-7-4-5-10-24(21)30-19-22/h1-5,7-10,17-19H,6,11-16,20H2,(H,31,35). The molecule has 2 fully saturated rings. The summed E-state index contributed by atoms with van der Waals surface area (Å²) in [5.41, 5.74) is 5.28. The maximum absolute atomic E-state index is 13.4. The van der Waals surface area contributed by atoms with E-state index in [1.54, 1.807) is 0 Å². The number of hydrogen-bond acceptors (Lipinski definition) is 3. The van der Waals surface area contributed by atoms with Gasteiger partial charge in [-0.25, -0.2) is 4.79 Å². The lowest BCUT2D eigenvalue weighted by Crippen LogP contribution is -2.54. The Morgan fingerprint density at radius 3 is 2.54 bits per heavy atom. The Balaban J connectivity index is 1.12. The third kappa shape index (κ3) is 3.27. The van der Waals surface area contributed by atoms with E-state index in [4.69, 9.17) is 5.10 Å². The Morgan fingerprint density at radius 2 is 1.71 bits per heavy atom. The summed E-state index contributed by atoms with van der Waals surface area (Å²) < 4.78 is 2.16. The number of amides is 2. The third-order valence-corrected chi connectivity index (χ3v) is 8.53. The van der Waals surface area contributed by atoms with Crippen LogP contribution in [0.25, 0.3) is 22.2 Å². The summed E-state index contributed by atoms with van der Waals surface area (Å²) in [5.74, 6) is 0. The smallest absolute Gasteiger partial charge is 0.318 e. The quantitative estimate of drug-likeness (QED) is 0.452. The second-order valence-electron chi connectivity index (χ2n) is 10.5. The Morgan fingerprint density at radius 1 is 0.914 bits per heavy atom. The van der Waals surface area contributed by atoms with E-state index in [-0.39, 0.29) is 17.0 Å². The lowest BCUT2D eigenvalue weighted by molar-refractivity contribution is 0.154. The number of nitrogens with one attached hydrogen (secondary N) is 1. The number of para-hydroxylation sites is 1. The molecule has 1 spiro atoms. The molecule has 2 aromatic carbocycles. The molecule has 35 heavy (non-hydrogen) atoms. The minimum atomic E-state index is -0.207. The lowest BCUT2D eigenvalue weighted by Gasteiger charge is -2.44. The molecule has 176 valence electrons. The Labute approximate surface area is 205 Å². The van der Waals surface area contributed by atoms with Crippen LogP contribution in [0, 0.1) is 0 Å². The van der Waals surface area contributed by atoms with Crippen molar-refractivity contribution >= 4 is 16.9 Å². The number of aryl methyl sites for hydroxylation is 1. The number of benzene rings is 2. The van der Waals surface area contributed by atoms with Gasteiger partial charge in [0, 0.05) is 47.9 Å². The van der Waals surface area contributed by atoms with Crippen molar-refractivity contribution < 1.29 is 4.79 Å². The molecule has 1 saturated heterocycles. The van der Waals surface area contributed by atoms with Gasteiger partial charge in [-0.1, -0.05) is 48.5 Å². The van der Waals surface area contributed by atoms with Crippen LogP contribution in [0.5, 0.6) is 0 Å². The molecule has 0 radical (unpaired) electrons. The van der Waals surface area contributed by atoms with Gasteiger partial charge < -0.3 is 10.2 Å². The molecule has 1 atom stereocenters. The van der Waals surface area contributed by atoms with Gasteiger partial charge in [0.05, 0.1) is 16.7 Å². The van der Waals surface area contributed by atoms with Crippen LogP contribution in [-0.4, -0.2) is 38.8 Å².